The summed E-state index contributed by atoms with van der Waals surface area (Å²) >= 11 is 1.75. The van der Waals surface area contributed by atoms with Crippen LogP contribution in [0, 0.1) is 0 Å². The Bertz CT molecular complexity index is 333. The number of nitrogens with zero attached hydrogens (tertiary/aromatic N) is 1. The third kappa shape index (κ3) is 5.07. The van der Waals surface area contributed by atoms with Crippen molar-refractivity contribution in [3.8, 4) is 0 Å². The van der Waals surface area contributed by atoms with Crippen molar-refractivity contribution in [3.05, 3.63) is 0 Å². The van der Waals surface area contributed by atoms with Gasteiger partial charge in [0.15, 0.2) is 9.84 Å². The summed E-state index contributed by atoms with van der Waals surface area (Å²) in [6.45, 7) is 7.18. The molecular weight excluding hydrogens is 268 g/mol. The van der Waals surface area contributed by atoms with Crippen molar-refractivity contribution < 1.29 is 8.42 Å². The van der Waals surface area contributed by atoms with E-state index in [1.165, 1.54) is 6.26 Å². The first-order valence-corrected chi connectivity index (χ1v) is 9.80. The van der Waals surface area contributed by atoms with Crippen LogP contribution in [0.5, 0.6) is 0 Å². The van der Waals surface area contributed by atoms with Crippen LogP contribution in [0.15, 0.2) is 0 Å². The van der Waals surface area contributed by atoms with Crippen LogP contribution < -0.4 is 5.32 Å². The third-order valence-corrected chi connectivity index (χ3v) is 6.01. The van der Waals surface area contributed by atoms with Crippen molar-refractivity contribution in [2.45, 2.75) is 38.1 Å². The minimum atomic E-state index is -2.97. The highest BCUT2D eigenvalue weighted by Crippen LogP contribution is 2.23. The van der Waals surface area contributed by atoms with Gasteiger partial charge in [0.2, 0.25) is 0 Å². The van der Waals surface area contributed by atoms with Gasteiger partial charge in [-0.2, -0.15) is 11.8 Å². The van der Waals surface area contributed by atoms with Gasteiger partial charge in [-0.25, -0.2) is 8.42 Å². The topological polar surface area (TPSA) is 49.4 Å². The van der Waals surface area contributed by atoms with E-state index in [0.717, 1.165) is 38.2 Å². The minimum absolute atomic E-state index is 0.294. The highest BCUT2D eigenvalue weighted by molar-refractivity contribution is 8.00. The first kappa shape index (κ1) is 16.3. The Morgan fingerprint density at radius 1 is 1.44 bits per heavy atom. The first-order chi connectivity index (χ1) is 8.46. The van der Waals surface area contributed by atoms with E-state index in [1.807, 2.05) is 0 Å². The summed E-state index contributed by atoms with van der Waals surface area (Å²) in [6, 6.07) is 0.329. The highest BCUT2D eigenvalue weighted by atomic mass is 32.2. The van der Waals surface area contributed by atoms with Crippen molar-refractivity contribution >= 4 is 21.6 Å². The van der Waals surface area contributed by atoms with Gasteiger partial charge in [-0.3, -0.25) is 4.90 Å². The molecule has 0 aliphatic carbocycles. The Balaban J connectivity index is 2.50. The number of thioether (sulfide) groups is 1. The van der Waals surface area contributed by atoms with Crippen LogP contribution in [-0.2, 0) is 9.84 Å². The lowest BCUT2D eigenvalue weighted by atomic mass is 10.2. The Morgan fingerprint density at radius 3 is 2.78 bits per heavy atom. The van der Waals surface area contributed by atoms with E-state index < -0.39 is 9.84 Å². The number of nitrogens with one attached hydrogen (secondary N) is 1. The van der Waals surface area contributed by atoms with E-state index >= 15 is 0 Å². The van der Waals surface area contributed by atoms with Gasteiger partial charge in [-0.15, -0.1) is 0 Å². The predicted octanol–water partition coefficient (Wildman–Crippen LogP) is 1.18. The van der Waals surface area contributed by atoms with Crippen molar-refractivity contribution in [1.82, 2.24) is 10.2 Å². The average Bonchev–Trinajstić information content (AvgIpc) is 2.33. The molecule has 0 aromatic heterocycles. The Morgan fingerprint density at radius 2 is 2.17 bits per heavy atom. The van der Waals surface area contributed by atoms with Gasteiger partial charge in [0.25, 0.3) is 0 Å². The summed E-state index contributed by atoms with van der Waals surface area (Å²) in [5.41, 5.74) is 0. The fourth-order valence-corrected chi connectivity index (χ4v) is 5.23. The fraction of sp³-hybridized carbons (Fsp3) is 1.00. The Kier molecular flexibility index (Phi) is 6.98. The highest BCUT2D eigenvalue weighted by Gasteiger charge is 2.33. The van der Waals surface area contributed by atoms with Crippen LogP contribution in [0.3, 0.4) is 0 Å². The minimum Gasteiger partial charge on any atom is -0.317 e. The van der Waals surface area contributed by atoms with Crippen LogP contribution in [0.25, 0.3) is 0 Å². The van der Waals surface area contributed by atoms with E-state index in [-0.39, 0.29) is 5.37 Å². The van der Waals surface area contributed by atoms with Crippen LogP contribution in [0.4, 0.5) is 0 Å². The number of rotatable bonds is 7. The fourth-order valence-electron chi connectivity index (χ4n) is 2.25. The average molecular weight is 294 g/mol. The molecule has 6 heteroatoms. The van der Waals surface area contributed by atoms with E-state index in [1.54, 1.807) is 11.8 Å². The Hall–Kier alpha value is 0.220. The molecule has 18 heavy (non-hydrogen) atoms. The van der Waals surface area contributed by atoms with E-state index in [4.69, 9.17) is 0 Å². The van der Waals surface area contributed by atoms with E-state index in [9.17, 15) is 8.42 Å². The molecule has 0 aromatic rings. The lowest BCUT2D eigenvalue weighted by molar-refractivity contribution is 0.195. The second-order valence-corrected chi connectivity index (χ2v) is 8.34. The summed E-state index contributed by atoms with van der Waals surface area (Å²) in [5.74, 6) is 1.75. The molecule has 2 unspecified atom stereocenters. The van der Waals surface area contributed by atoms with Crippen molar-refractivity contribution in [2.24, 2.45) is 0 Å². The van der Waals surface area contributed by atoms with Gasteiger partial charge < -0.3 is 5.32 Å². The summed E-state index contributed by atoms with van der Waals surface area (Å²) in [6.07, 6.45) is 3.51. The van der Waals surface area contributed by atoms with Crippen LogP contribution in [0.2, 0.25) is 0 Å². The largest absolute Gasteiger partial charge is 0.317 e. The summed E-state index contributed by atoms with van der Waals surface area (Å²) < 4.78 is 23.6. The van der Waals surface area contributed by atoms with Crippen molar-refractivity contribution in [2.75, 3.05) is 37.4 Å². The molecule has 0 aromatic carbocycles. The Labute approximate surface area is 116 Å². The van der Waals surface area contributed by atoms with Crippen molar-refractivity contribution in [3.63, 3.8) is 0 Å². The molecule has 1 aliphatic heterocycles. The smallest absolute Gasteiger partial charge is 0.164 e. The lowest BCUT2D eigenvalue weighted by Crippen LogP contribution is -2.51. The molecule has 4 nitrogen and oxygen atoms in total. The summed E-state index contributed by atoms with van der Waals surface area (Å²) in [4.78, 5) is 2.17. The zero-order valence-corrected chi connectivity index (χ0v) is 13.3. The monoisotopic (exact) mass is 294 g/mol. The van der Waals surface area contributed by atoms with Gasteiger partial charge in [-0.1, -0.05) is 6.92 Å². The normalized spacial score (nSPS) is 24.1. The quantitative estimate of drug-likeness (QED) is 0.715. The molecular formula is C12H26N2O2S2. The summed E-state index contributed by atoms with van der Waals surface area (Å²) in [7, 11) is -2.97. The third-order valence-electron chi connectivity index (χ3n) is 3.35. The van der Waals surface area contributed by atoms with Gasteiger partial charge in [0.1, 0.15) is 5.37 Å². The van der Waals surface area contributed by atoms with Gasteiger partial charge in [0, 0.05) is 30.3 Å². The standard InChI is InChI=1S/C12H26N2O2S2/c1-4-6-13-7-5-11(2)14-8-9-17-10-12(14)18(3,15)16/h11-13H,4-10H2,1-3H3. The molecule has 1 saturated heterocycles. The van der Waals surface area contributed by atoms with Crippen LogP contribution >= 0.6 is 11.8 Å². The molecule has 1 aliphatic rings. The molecule has 0 spiro atoms. The molecule has 0 saturated carbocycles. The zero-order valence-electron chi connectivity index (χ0n) is 11.7. The molecule has 108 valence electrons. The maximum absolute atomic E-state index is 11.8. The summed E-state index contributed by atoms with van der Waals surface area (Å²) in [5, 5.41) is 3.08. The molecule has 1 N–H and O–H groups in total. The first-order valence-electron chi connectivity index (χ1n) is 6.70. The number of sulfone groups is 1. The van der Waals surface area contributed by atoms with Gasteiger partial charge in [-0.05, 0) is 32.9 Å². The van der Waals surface area contributed by atoms with Gasteiger partial charge in [0.05, 0.1) is 0 Å². The van der Waals surface area contributed by atoms with Crippen LogP contribution in [-0.4, -0.2) is 62.1 Å². The van der Waals surface area contributed by atoms with Crippen LogP contribution in [0.1, 0.15) is 26.7 Å². The molecule has 1 fully saturated rings. The van der Waals surface area contributed by atoms with Crippen molar-refractivity contribution in [1.29, 1.82) is 0 Å². The molecule has 1 heterocycles. The second kappa shape index (κ2) is 7.72. The molecule has 2 atom stereocenters. The molecule has 0 radical (unpaired) electrons. The maximum Gasteiger partial charge on any atom is 0.164 e. The number of hydrogen-bond donors (Lipinski definition) is 1. The second-order valence-electron chi connectivity index (χ2n) is 4.98. The number of hydrogen-bond acceptors (Lipinski definition) is 5. The maximum atomic E-state index is 11.8. The molecule has 0 amide bonds. The van der Waals surface area contributed by atoms with Gasteiger partial charge >= 0.3 is 0 Å². The predicted molar refractivity (Wildman–Crippen MR) is 79.9 cm³/mol. The zero-order chi connectivity index (χ0) is 13.6. The lowest BCUT2D eigenvalue weighted by Gasteiger charge is -2.38. The van der Waals surface area contributed by atoms with E-state index in [2.05, 4.69) is 24.1 Å². The molecule has 1 rings (SSSR count). The SMILES string of the molecule is CCCNCCC(C)N1CCSCC1S(C)(=O)=O. The van der Waals surface area contributed by atoms with E-state index in [0.29, 0.717) is 11.8 Å². The molecule has 0 bridgehead atoms.